The maximum Gasteiger partial charge on any atom is 0.339 e. The second kappa shape index (κ2) is 8.52. The Balaban J connectivity index is 2.28. The summed E-state index contributed by atoms with van der Waals surface area (Å²) in [6.07, 6.45) is 0.490. The van der Waals surface area contributed by atoms with Gasteiger partial charge in [-0.25, -0.2) is 14.4 Å². The number of hydrogen-bond acceptors (Lipinski definition) is 6. The van der Waals surface area contributed by atoms with Crippen molar-refractivity contribution in [3.8, 4) is 0 Å². The van der Waals surface area contributed by atoms with Gasteiger partial charge in [0.05, 0.1) is 37.0 Å². The van der Waals surface area contributed by atoms with E-state index in [1.54, 1.807) is 0 Å². The SMILES string of the molecule is COC(=O)c1ccc(C(=O)OC)c(NC(=O)N2CC(C)CC(C(=O)O)C2)c1. The van der Waals surface area contributed by atoms with Gasteiger partial charge in [-0.3, -0.25) is 4.79 Å². The number of piperidine rings is 1. The van der Waals surface area contributed by atoms with Crippen LogP contribution in [0.4, 0.5) is 10.5 Å². The number of anilines is 1. The van der Waals surface area contributed by atoms with Crippen molar-refractivity contribution in [1.82, 2.24) is 4.90 Å². The zero-order chi connectivity index (χ0) is 20.1. The van der Waals surface area contributed by atoms with Crippen molar-refractivity contribution in [2.24, 2.45) is 11.8 Å². The molecule has 9 nitrogen and oxygen atoms in total. The van der Waals surface area contributed by atoms with E-state index in [0.29, 0.717) is 13.0 Å². The van der Waals surface area contributed by atoms with E-state index in [9.17, 15) is 24.3 Å². The standard InChI is InChI=1S/C18H22N2O7/c1-10-6-12(15(21)22)9-20(8-10)18(25)19-14-7-11(16(23)26-2)4-5-13(14)17(24)27-3/h4-5,7,10,12H,6,8-9H2,1-3H3,(H,19,25)(H,21,22). The largest absolute Gasteiger partial charge is 0.481 e. The number of amides is 2. The highest BCUT2D eigenvalue weighted by Gasteiger charge is 2.32. The molecule has 1 heterocycles. The van der Waals surface area contributed by atoms with E-state index in [-0.39, 0.29) is 29.3 Å². The lowest BCUT2D eigenvalue weighted by molar-refractivity contribution is -0.143. The summed E-state index contributed by atoms with van der Waals surface area (Å²) in [6, 6.07) is 3.50. The van der Waals surface area contributed by atoms with Gasteiger partial charge in [-0.2, -0.15) is 0 Å². The topological polar surface area (TPSA) is 122 Å². The molecular formula is C18H22N2O7. The zero-order valence-corrected chi connectivity index (χ0v) is 15.4. The summed E-state index contributed by atoms with van der Waals surface area (Å²) in [5.74, 6) is -2.90. The molecule has 1 aromatic carbocycles. The molecular weight excluding hydrogens is 356 g/mol. The first-order chi connectivity index (χ1) is 12.8. The smallest absolute Gasteiger partial charge is 0.339 e. The number of nitrogens with one attached hydrogen (secondary N) is 1. The molecule has 1 saturated heterocycles. The number of urea groups is 1. The third kappa shape index (κ3) is 4.75. The monoisotopic (exact) mass is 378 g/mol. The number of benzene rings is 1. The second-order valence-corrected chi connectivity index (χ2v) is 6.45. The molecule has 0 saturated carbocycles. The molecule has 0 radical (unpaired) electrons. The van der Waals surface area contributed by atoms with Gasteiger partial charge in [-0.15, -0.1) is 0 Å². The summed E-state index contributed by atoms with van der Waals surface area (Å²) in [6.45, 7) is 2.32. The molecule has 27 heavy (non-hydrogen) atoms. The van der Waals surface area contributed by atoms with Crippen LogP contribution in [0.15, 0.2) is 18.2 Å². The number of nitrogens with zero attached hydrogens (tertiary/aromatic N) is 1. The lowest BCUT2D eigenvalue weighted by Crippen LogP contribution is -2.47. The van der Waals surface area contributed by atoms with Gasteiger partial charge in [-0.1, -0.05) is 6.92 Å². The Hall–Kier alpha value is -3.10. The van der Waals surface area contributed by atoms with Crippen LogP contribution in [0.25, 0.3) is 0 Å². The molecule has 2 rings (SSSR count). The Morgan fingerprint density at radius 1 is 1.11 bits per heavy atom. The van der Waals surface area contributed by atoms with Crippen molar-refractivity contribution in [2.45, 2.75) is 13.3 Å². The van der Waals surface area contributed by atoms with Crippen molar-refractivity contribution in [2.75, 3.05) is 32.6 Å². The van der Waals surface area contributed by atoms with Gasteiger partial charge in [0.1, 0.15) is 0 Å². The van der Waals surface area contributed by atoms with E-state index in [1.807, 2.05) is 6.92 Å². The average molecular weight is 378 g/mol. The highest BCUT2D eigenvalue weighted by molar-refractivity contribution is 6.03. The van der Waals surface area contributed by atoms with Gasteiger partial charge in [-0.05, 0) is 30.5 Å². The zero-order valence-electron chi connectivity index (χ0n) is 15.4. The third-order valence-electron chi connectivity index (χ3n) is 4.38. The predicted octanol–water partition coefficient (Wildman–Crippen LogP) is 1.83. The molecule has 0 aromatic heterocycles. The molecule has 146 valence electrons. The number of carboxylic acids is 1. The Morgan fingerprint density at radius 2 is 1.78 bits per heavy atom. The molecule has 0 spiro atoms. The van der Waals surface area contributed by atoms with Gasteiger partial charge in [0.25, 0.3) is 0 Å². The van der Waals surface area contributed by atoms with Crippen molar-refractivity contribution < 1.29 is 33.8 Å². The number of hydrogen-bond donors (Lipinski definition) is 2. The van der Waals surface area contributed by atoms with Crippen molar-refractivity contribution in [1.29, 1.82) is 0 Å². The minimum absolute atomic E-state index is 0.0204. The summed E-state index contributed by atoms with van der Waals surface area (Å²) in [5, 5.41) is 11.8. The van der Waals surface area contributed by atoms with Crippen molar-refractivity contribution >= 4 is 29.6 Å². The van der Waals surface area contributed by atoms with Gasteiger partial charge in [0, 0.05) is 13.1 Å². The van der Waals surface area contributed by atoms with Crippen LogP contribution in [0.5, 0.6) is 0 Å². The molecule has 1 aromatic rings. The summed E-state index contributed by atoms with van der Waals surface area (Å²) in [4.78, 5) is 49.0. The first-order valence-electron chi connectivity index (χ1n) is 8.36. The molecule has 1 fully saturated rings. The number of carbonyl (C=O) groups excluding carboxylic acids is 3. The van der Waals surface area contributed by atoms with Crippen molar-refractivity contribution in [3.63, 3.8) is 0 Å². The maximum atomic E-state index is 12.6. The summed E-state index contributed by atoms with van der Waals surface area (Å²) < 4.78 is 9.35. The highest BCUT2D eigenvalue weighted by atomic mass is 16.5. The number of methoxy groups -OCH3 is 2. The Bertz CT molecular complexity index is 762. The summed E-state index contributed by atoms with van der Waals surface area (Å²) in [5.41, 5.74) is 0.300. The average Bonchev–Trinajstić information content (AvgIpc) is 2.66. The predicted molar refractivity (Wildman–Crippen MR) is 94.6 cm³/mol. The van der Waals surface area contributed by atoms with E-state index in [0.717, 1.165) is 0 Å². The third-order valence-corrected chi connectivity index (χ3v) is 4.38. The van der Waals surface area contributed by atoms with E-state index >= 15 is 0 Å². The second-order valence-electron chi connectivity index (χ2n) is 6.45. The Kier molecular flexibility index (Phi) is 6.38. The van der Waals surface area contributed by atoms with Crippen LogP contribution in [0, 0.1) is 11.8 Å². The molecule has 2 N–H and O–H groups in total. The fourth-order valence-electron chi connectivity index (χ4n) is 3.07. The number of carboxylic acid groups (broad SMARTS) is 1. The number of ether oxygens (including phenoxy) is 2. The number of carbonyl (C=O) groups is 4. The van der Waals surface area contributed by atoms with Gasteiger partial charge in [0.2, 0.25) is 0 Å². The van der Waals surface area contributed by atoms with Crippen LogP contribution in [-0.4, -0.2) is 61.3 Å². The molecule has 1 aliphatic heterocycles. The Morgan fingerprint density at radius 3 is 2.37 bits per heavy atom. The normalized spacial score (nSPS) is 19.1. The molecule has 1 aliphatic rings. The van der Waals surface area contributed by atoms with Crippen LogP contribution in [0.1, 0.15) is 34.1 Å². The van der Waals surface area contributed by atoms with E-state index in [1.165, 1.54) is 37.3 Å². The van der Waals surface area contributed by atoms with Crippen LogP contribution >= 0.6 is 0 Å². The fourth-order valence-corrected chi connectivity index (χ4v) is 3.07. The van der Waals surface area contributed by atoms with E-state index in [4.69, 9.17) is 4.74 Å². The van der Waals surface area contributed by atoms with Crippen LogP contribution in [0.2, 0.25) is 0 Å². The number of rotatable bonds is 4. The lowest BCUT2D eigenvalue weighted by Gasteiger charge is -2.34. The van der Waals surface area contributed by atoms with Gasteiger partial charge >= 0.3 is 23.9 Å². The van der Waals surface area contributed by atoms with Crippen molar-refractivity contribution in [3.05, 3.63) is 29.3 Å². The van der Waals surface area contributed by atoms with Crippen LogP contribution in [0.3, 0.4) is 0 Å². The number of aliphatic carboxylic acids is 1. The first-order valence-corrected chi connectivity index (χ1v) is 8.36. The van der Waals surface area contributed by atoms with Gasteiger partial charge in [0.15, 0.2) is 0 Å². The highest BCUT2D eigenvalue weighted by Crippen LogP contribution is 2.24. The van der Waals surface area contributed by atoms with E-state index in [2.05, 4.69) is 10.1 Å². The number of esters is 2. The lowest BCUT2D eigenvalue weighted by atomic mass is 9.91. The Labute approximate surface area is 156 Å². The molecule has 9 heteroatoms. The fraction of sp³-hybridized carbons (Fsp3) is 0.444. The molecule has 2 unspecified atom stereocenters. The van der Waals surface area contributed by atoms with Gasteiger partial charge < -0.3 is 24.8 Å². The van der Waals surface area contributed by atoms with Crippen LogP contribution in [-0.2, 0) is 14.3 Å². The molecule has 2 amide bonds. The minimum Gasteiger partial charge on any atom is -0.481 e. The first kappa shape index (κ1) is 20.2. The number of likely N-dealkylation sites (tertiary alicyclic amines) is 1. The minimum atomic E-state index is -0.956. The summed E-state index contributed by atoms with van der Waals surface area (Å²) >= 11 is 0. The molecule has 0 bridgehead atoms. The maximum absolute atomic E-state index is 12.6. The van der Waals surface area contributed by atoms with Crippen LogP contribution < -0.4 is 5.32 Å². The molecule has 2 atom stereocenters. The summed E-state index contributed by atoms with van der Waals surface area (Å²) in [7, 11) is 2.42. The quantitative estimate of drug-likeness (QED) is 0.766. The molecule has 0 aliphatic carbocycles. The van der Waals surface area contributed by atoms with E-state index < -0.39 is 29.9 Å².